The smallest absolute Gasteiger partial charge is 0.220 e. The van der Waals surface area contributed by atoms with E-state index < -0.39 is 6.10 Å². The van der Waals surface area contributed by atoms with Crippen molar-refractivity contribution in [2.24, 2.45) is 11.8 Å². The predicted octanol–water partition coefficient (Wildman–Crippen LogP) is 2.58. The third-order valence-corrected chi connectivity index (χ3v) is 5.39. The van der Waals surface area contributed by atoms with Gasteiger partial charge in [-0.15, -0.1) is 11.3 Å². The van der Waals surface area contributed by atoms with E-state index >= 15 is 0 Å². The number of hydrogen-bond acceptors (Lipinski definition) is 4. The van der Waals surface area contributed by atoms with Gasteiger partial charge < -0.3 is 15.7 Å². The molecule has 1 amide bonds. The molecule has 2 heterocycles. The zero-order chi connectivity index (χ0) is 15.2. The van der Waals surface area contributed by atoms with Gasteiger partial charge in [0, 0.05) is 17.8 Å². The van der Waals surface area contributed by atoms with E-state index in [0.717, 1.165) is 18.0 Å². The monoisotopic (exact) mass is 330 g/mol. The highest BCUT2D eigenvalue weighted by Gasteiger charge is 2.22. The minimum Gasteiger partial charge on any atom is -0.386 e. The Kier molecular flexibility index (Phi) is 6.48. The van der Waals surface area contributed by atoms with Crippen LogP contribution < -0.4 is 10.6 Å². The quantitative estimate of drug-likeness (QED) is 0.751. The first-order valence-electron chi connectivity index (χ1n) is 7.47. The lowest BCUT2D eigenvalue weighted by molar-refractivity contribution is -0.122. The van der Waals surface area contributed by atoms with Gasteiger partial charge in [0.1, 0.15) is 6.10 Å². The SMILES string of the molecule is CC(CC(=O)NCC(O)c1ccc(Cl)s1)C1CCCNC1. The molecule has 1 aliphatic rings. The number of hydrogen-bond donors (Lipinski definition) is 3. The molecule has 1 aliphatic heterocycles. The zero-order valence-electron chi connectivity index (χ0n) is 12.3. The van der Waals surface area contributed by atoms with Crippen LogP contribution in [0.3, 0.4) is 0 Å². The van der Waals surface area contributed by atoms with Gasteiger partial charge in [0.2, 0.25) is 5.91 Å². The van der Waals surface area contributed by atoms with Crippen molar-refractivity contribution in [1.82, 2.24) is 10.6 Å². The Hall–Kier alpha value is -0.620. The summed E-state index contributed by atoms with van der Waals surface area (Å²) in [6.45, 7) is 4.47. The second-order valence-electron chi connectivity index (χ2n) is 5.75. The normalized spacial score (nSPS) is 21.8. The van der Waals surface area contributed by atoms with Crippen molar-refractivity contribution in [2.75, 3.05) is 19.6 Å². The second kappa shape index (κ2) is 8.13. The third kappa shape index (κ3) is 5.25. The van der Waals surface area contributed by atoms with Crippen LogP contribution in [0, 0.1) is 11.8 Å². The van der Waals surface area contributed by atoms with E-state index in [0.29, 0.717) is 22.6 Å². The Morgan fingerprint density at radius 2 is 2.43 bits per heavy atom. The summed E-state index contributed by atoms with van der Waals surface area (Å²) in [6, 6.07) is 3.55. The van der Waals surface area contributed by atoms with Gasteiger partial charge in [0.25, 0.3) is 0 Å². The van der Waals surface area contributed by atoms with Crippen molar-refractivity contribution in [1.29, 1.82) is 0 Å². The van der Waals surface area contributed by atoms with Crippen molar-refractivity contribution in [3.8, 4) is 0 Å². The average molecular weight is 331 g/mol. The van der Waals surface area contributed by atoms with E-state index in [1.807, 2.05) is 0 Å². The Bertz CT molecular complexity index is 460. The molecule has 0 aliphatic carbocycles. The van der Waals surface area contributed by atoms with Crippen molar-refractivity contribution < 1.29 is 9.90 Å². The molecule has 3 unspecified atom stereocenters. The van der Waals surface area contributed by atoms with Gasteiger partial charge in [-0.05, 0) is 49.9 Å². The minimum absolute atomic E-state index is 0.00905. The molecular formula is C15H23ClN2O2S. The van der Waals surface area contributed by atoms with Gasteiger partial charge in [-0.1, -0.05) is 18.5 Å². The lowest BCUT2D eigenvalue weighted by atomic mass is 9.85. The molecule has 3 atom stereocenters. The largest absolute Gasteiger partial charge is 0.386 e. The molecule has 1 saturated heterocycles. The summed E-state index contributed by atoms with van der Waals surface area (Å²) >= 11 is 7.18. The summed E-state index contributed by atoms with van der Waals surface area (Å²) in [5.74, 6) is 0.950. The summed E-state index contributed by atoms with van der Waals surface area (Å²) in [6.07, 6.45) is 2.22. The van der Waals surface area contributed by atoms with Crippen LogP contribution in [0.1, 0.15) is 37.2 Å². The molecule has 3 N–H and O–H groups in total. The molecule has 4 nitrogen and oxygen atoms in total. The molecule has 0 bridgehead atoms. The molecule has 6 heteroatoms. The number of aliphatic hydroxyl groups is 1. The second-order valence-corrected chi connectivity index (χ2v) is 7.50. The highest BCUT2D eigenvalue weighted by Crippen LogP contribution is 2.26. The maximum absolute atomic E-state index is 12.0. The molecule has 1 aromatic heterocycles. The van der Waals surface area contributed by atoms with E-state index in [1.165, 1.54) is 24.2 Å². The minimum atomic E-state index is -0.682. The van der Waals surface area contributed by atoms with E-state index in [9.17, 15) is 9.90 Å². The maximum Gasteiger partial charge on any atom is 0.220 e. The van der Waals surface area contributed by atoms with Gasteiger partial charge in [-0.25, -0.2) is 0 Å². The molecule has 0 radical (unpaired) electrons. The molecule has 0 aromatic carbocycles. The van der Waals surface area contributed by atoms with E-state index in [2.05, 4.69) is 17.6 Å². The topological polar surface area (TPSA) is 61.4 Å². The number of piperidine rings is 1. The van der Waals surface area contributed by atoms with Gasteiger partial charge in [0.15, 0.2) is 0 Å². The van der Waals surface area contributed by atoms with Crippen LogP contribution >= 0.6 is 22.9 Å². The van der Waals surface area contributed by atoms with Crippen molar-refractivity contribution in [3.05, 3.63) is 21.3 Å². The van der Waals surface area contributed by atoms with Crippen molar-refractivity contribution in [3.63, 3.8) is 0 Å². The van der Waals surface area contributed by atoms with E-state index in [-0.39, 0.29) is 12.5 Å². The first kappa shape index (κ1) is 16.7. The molecule has 1 fully saturated rings. The molecule has 0 spiro atoms. The van der Waals surface area contributed by atoms with Crippen molar-refractivity contribution in [2.45, 2.75) is 32.3 Å². The van der Waals surface area contributed by atoms with Gasteiger partial charge in [-0.2, -0.15) is 0 Å². The number of amides is 1. The number of aliphatic hydroxyl groups excluding tert-OH is 1. The molecule has 2 rings (SSSR count). The summed E-state index contributed by atoms with van der Waals surface area (Å²) in [5, 5.41) is 16.2. The number of halogens is 1. The molecule has 0 saturated carbocycles. The van der Waals surface area contributed by atoms with Crippen LogP contribution in [-0.2, 0) is 4.79 Å². The van der Waals surface area contributed by atoms with E-state index in [1.54, 1.807) is 12.1 Å². The molecular weight excluding hydrogens is 308 g/mol. The Morgan fingerprint density at radius 3 is 3.05 bits per heavy atom. The number of carbonyl (C=O) groups excluding carboxylic acids is 1. The predicted molar refractivity (Wildman–Crippen MR) is 86.7 cm³/mol. The standard InChI is InChI=1S/C15H23ClN2O2S/c1-10(11-3-2-6-17-8-11)7-15(20)18-9-12(19)13-4-5-14(16)21-13/h4-5,10-12,17,19H,2-3,6-9H2,1H3,(H,18,20). The first-order chi connectivity index (χ1) is 10.1. The fourth-order valence-corrected chi connectivity index (χ4v) is 3.76. The van der Waals surface area contributed by atoms with Crippen LogP contribution in [0.2, 0.25) is 4.34 Å². The Labute approximate surface area is 134 Å². The number of thiophene rings is 1. The van der Waals surface area contributed by atoms with E-state index in [4.69, 9.17) is 11.6 Å². The number of carbonyl (C=O) groups is 1. The third-order valence-electron chi connectivity index (χ3n) is 4.06. The zero-order valence-corrected chi connectivity index (χ0v) is 13.8. The number of nitrogens with one attached hydrogen (secondary N) is 2. The summed E-state index contributed by atoms with van der Waals surface area (Å²) in [4.78, 5) is 12.8. The molecule has 1 aromatic rings. The van der Waals surface area contributed by atoms with Crippen LogP contribution in [0.25, 0.3) is 0 Å². The van der Waals surface area contributed by atoms with Crippen LogP contribution in [-0.4, -0.2) is 30.6 Å². The van der Waals surface area contributed by atoms with Gasteiger partial charge >= 0.3 is 0 Å². The summed E-state index contributed by atoms with van der Waals surface area (Å²) < 4.78 is 0.647. The summed E-state index contributed by atoms with van der Waals surface area (Å²) in [5.41, 5.74) is 0. The molecule has 21 heavy (non-hydrogen) atoms. The van der Waals surface area contributed by atoms with Gasteiger partial charge in [-0.3, -0.25) is 4.79 Å². The average Bonchev–Trinajstić information content (AvgIpc) is 2.92. The summed E-state index contributed by atoms with van der Waals surface area (Å²) in [7, 11) is 0. The van der Waals surface area contributed by atoms with Crippen LogP contribution in [0.4, 0.5) is 0 Å². The van der Waals surface area contributed by atoms with Crippen LogP contribution in [0.5, 0.6) is 0 Å². The highest BCUT2D eigenvalue weighted by atomic mass is 35.5. The number of rotatable bonds is 6. The highest BCUT2D eigenvalue weighted by molar-refractivity contribution is 7.16. The Morgan fingerprint density at radius 1 is 1.62 bits per heavy atom. The first-order valence-corrected chi connectivity index (χ1v) is 8.66. The van der Waals surface area contributed by atoms with Crippen molar-refractivity contribution >= 4 is 28.8 Å². The maximum atomic E-state index is 12.0. The molecule has 118 valence electrons. The van der Waals surface area contributed by atoms with Crippen LogP contribution in [0.15, 0.2) is 12.1 Å². The fraction of sp³-hybridized carbons (Fsp3) is 0.667. The lowest BCUT2D eigenvalue weighted by Crippen LogP contribution is -2.36. The Balaban J connectivity index is 1.71. The van der Waals surface area contributed by atoms with Gasteiger partial charge in [0.05, 0.1) is 4.34 Å². The fourth-order valence-electron chi connectivity index (χ4n) is 2.71. The lowest BCUT2D eigenvalue weighted by Gasteiger charge is -2.28.